The van der Waals surface area contributed by atoms with Gasteiger partial charge in [0.15, 0.2) is 9.84 Å². The van der Waals surface area contributed by atoms with Crippen LogP contribution in [-0.4, -0.2) is 24.1 Å². The molecule has 0 aliphatic rings. The van der Waals surface area contributed by atoms with Crippen LogP contribution in [0.2, 0.25) is 0 Å². The summed E-state index contributed by atoms with van der Waals surface area (Å²) in [6.07, 6.45) is 3.35. The van der Waals surface area contributed by atoms with Gasteiger partial charge < -0.3 is 0 Å². The second-order valence-corrected chi connectivity index (χ2v) is 8.31. The maximum absolute atomic E-state index is 12.3. The van der Waals surface area contributed by atoms with Crippen molar-refractivity contribution >= 4 is 9.84 Å². The van der Waals surface area contributed by atoms with Crippen molar-refractivity contribution in [3.63, 3.8) is 0 Å². The molecule has 0 saturated carbocycles. The maximum Gasteiger partial charge on any atom is 0.180 e. The average Bonchev–Trinajstić information content (AvgIpc) is 2.61. The van der Waals surface area contributed by atoms with Gasteiger partial charge in [-0.05, 0) is 37.6 Å². The van der Waals surface area contributed by atoms with Crippen LogP contribution in [0.1, 0.15) is 18.1 Å². The van der Waals surface area contributed by atoms with Crippen LogP contribution in [0.15, 0.2) is 59.8 Å². The summed E-state index contributed by atoms with van der Waals surface area (Å²) in [6.45, 7) is 5.75. The van der Waals surface area contributed by atoms with Crippen LogP contribution in [0.3, 0.4) is 0 Å². The van der Waals surface area contributed by atoms with Crippen molar-refractivity contribution < 1.29 is 8.42 Å². The number of hydrogen-bond acceptors (Lipinski definition) is 4. The van der Waals surface area contributed by atoms with E-state index in [1.54, 1.807) is 31.5 Å². The van der Waals surface area contributed by atoms with Crippen molar-refractivity contribution in [1.82, 2.24) is 9.97 Å². The number of hydrogen-bond donors (Lipinski definition) is 0. The van der Waals surface area contributed by atoms with Gasteiger partial charge in [0.1, 0.15) is 5.69 Å². The topological polar surface area (TPSA) is 59.9 Å². The Morgan fingerprint density at radius 2 is 1.64 bits per heavy atom. The van der Waals surface area contributed by atoms with Crippen molar-refractivity contribution in [2.45, 2.75) is 25.7 Å². The molecule has 0 bridgehead atoms. The molecule has 25 heavy (non-hydrogen) atoms. The summed E-state index contributed by atoms with van der Waals surface area (Å²) in [5, 5.41) is 0. The van der Waals surface area contributed by atoms with Crippen LogP contribution in [0.4, 0.5) is 0 Å². The lowest BCUT2D eigenvalue weighted by Crippen LogP contribution is -2.07. The first-order chi connectivity index (χ1) is 11.9. The first-order valence-corrected chi connectivity index (χ1v) is 9.79. The van der Waals surface area contributed by atoms with E-state index in [9.17, 15) is 8.42 Å². The third-order valence-electron chi connectivity index (χ3n) is 4.05. The SMILES string of the molecule is CCS(=O)(=O)c1cccnc1-c1ccc(-c2cc(C)cc(C)c2)cn1. The molecule has 0 aliphatic heterocycles. The summed E-state index contributed by atoms with van der Waals surface area (Å²) in [5.41, 5.74) is 5.43. The van der Waals surface area contributed by atoms with Crippen LogP contribution >= 0.6 is 0 Å². The average molecular weight is 352 g/mol. The minimum atomic E-state index is -3.35. The number of sulfone groups is 1. The summed E-state index contributed by atoms with van der Waals surface area (Å²) in [6, 6.07) is 13.3. The van der Waals surface area contributed by atoms with Crippen LogP contribution < -0.4 is 0 Å². The summed E-state index contributed by atoms with van der Waals surface area (Å²) in [5.74, 6) is 0.0341. The van der Waals surface area contributed by atoms with Gasteiger partial charge in [0.25, 0.3) is 0 Å². The molecule has 0 N–H and O–H groups in total. The maximum atomic E-state index is 12.3. The third kappa shape index (κ3) is 3.61. The zero-order valence-electron chi connectivity index (χ0n) is 14.5. The van der Waals surface area contributed by atoms with Gasteiger partial charge >= 0.3 is 0 Å². The van der Waals surface area contributed by atoms with Crippen LogP contribution in [0.25, 0.3) is 22.5 Å². The summed E-state index contributed by atoms with van der Waals surface area (Å²) in [7, 11) is -3.35. The van der Waals surface area contributed by atoms with Gasteiger partial charge in [-0.1, -0.05) is 42.3 Å². The molecule has 0 spiro atoms. The van der Waals surface area contributed by atoms with Crippen molar-refractivity contribution in [1.29, 1.82) is 0 Å². The van der Waals surface area contributed by atoms with Crippen LogP contribution in [-0.2, 0) is 9.84 Å². The molecule has 0 amide bonds. The van der Waals surface area contributed by atoms with Gasteiger partial charge in [-0.3, -0.25) is 9.97 Å². The van der Waals surface area contributed by atoms with E-state index in [2.05, 4.69) is 42.0 Å². The van der Waals surface area contributed by atoms with E-state index in [1.165, 1.54) is 11.1 Å². The second-order valence-electron chi connectivity index (χ2n) is 6.06. The molecule has 0 radical (unpaired) electrons. The molecule has 0 aliphatic carbocycles. The normalized spacial score (nSPS) is 11.5. The van der Waals surface area contributed by atoms with Gasteiger partial charge in [-0.15, -0.1) is 0 Å². The number of rotatable bonds is 4. The second kappa shape index (κ2) is 6.76. The zero-order chi connectivity index (χ0) is 18.0. The standard InChI is InChI=1S/C20H20N2O2S/c1-4-25(23,24)19-6-5-9-21-20(19)18-8-7-16(13-22-18)17-11-14(2)10-15(3)12-17/h5-13H,4H2,1-3H3. The lowest BCUT2D eigenvalue weighted by molar-refractivity contribution is 0.597. The molecular weight excluding hydrogens is 332 g/mol. The highest BCUT2D eigenvalue weighted by Crippen LogP contribution is 2.27. The molecule has 128 valence electrons. The van der Waals surface area contributed by atoms with Gasteiger partial charge in [0.05, 0.1) is 16.3 Å². The molecule has 5 heteroatoms. The van der Waals surface area contributed by atoms with Crippen molar-refractivity contribution in [2.24, 2.45) is 0 Å². The van der Waals surface area contributed by atoms with E-state index in [4.69, 9.17) is 0 Å². The van der Waals surface area contributed by atoms with E-state index in [1.807, 2.05) is 12.1 Å². The lowest BCUT2D eigenvalue weighted by atomic mass is 10.0. The lowest BCUT2D eigenvalue weighted by Gasteiger charge is -2.09. The molecule has 1 aromatic carbocycles. The Hall–Kier alpha value is -2.53. The van der Waals surface area contributed by atoms with Gasteiger partial charge in [-0.2, -0.15) is 0 Å². The quantitative estimate of drug-likeness (QED) is 0.705. The monoisotopic (exact) mass is 352 g/mol. The Balaban J connectivity index is 2.05. The fourth-order valence-corrected chi connectivity index (χ4v) is 3.88. The zero-order valence-corrected chi connectivity index (χ0v) is 15.3. The fraction of sp³-hybridized carbons (Fsp3) is 0.200. The van der Waals surface area contributed by atoms with E-state index >= 15 is 0 Å². The molecule has 3 aromatic rings. The first kappa shape index (κ1) is 17.3. The highest BCUT2D eigenvalue weighted by molar-refractivity contribution is 7.91. The Morgan fingerprint density at radius 3 is 2.24 bits per heavy atom. The van der Waals surface area contributed by atoms with Crippen molar-refractivity contribution in [3.8, 4) is 22.5 Å². The first-order valence-electron chi connectivity index (χ1n) is 8.13. The van der Waals surface area contributed by atoms with Crippen LogP contribution in [0, 0.1) is 13.8 Å². The third-order valence-corrected chi connectivity index (χ3v) is 5.81. The smallest absolute Gasteiger partial charge is 0.180 e. The Kier molecular flexibility index (Phi) is 4.68. The highest BCUT2D eigenvalue weighted by Gasteiger charge is 2.19. The fourth-order valence-electron chi connectivity index (χ4n) is 2.84. The molecule has 2 aromatic heterocycles. The molecule has 2 heterocycles. The van der Waals surface area contributed by atoms with Gasteiger partial charge in [0.2, 0.25) is 0 Å². The molecular formula is C20H20N2O2S. The van der Waals surface area contributed by atoms with E-state index in [-0.39, 0.29) is 10.6 Å². The number of aryl methyl sites for hydroxylation is 2. The van der Waals surface area contributed by atoms with E-state index in [0.717, 1.165) is 11.1 Å². The molecule has 4 nitrogen and oxygen atoms in total. The predicted octanol–water partition coefficient (Wildman–Crippen LogP) is 4.22. The molecule has 3 rings (SSSR count). The van der Waals surface area contributed by atoms with Gasteiger partial charge in [0, 0.05) is 18.0 Å². The predicted molar refractivity (Wildman–Crippen MR) is 100 cm³/mol. The Labute approximate surface area is 148 Å². The number of benzene rings is 1. The molecule has 0 fully saturated rings. The van der Waals surface area contributed by atoms with Gasteiger partial charge in [-0.25, -0.2) is 8.42 Å². The van der Waals surface area contributed by atoms with Crippen molar-refractivity contribution in [3.05, 3.63) is 66.0 Å². The Morgan fingerprint density at radius 1 is 0.920 bits per heavy atom. The highest BCUT2D eigenvalue weighted by atomic mass is 32.2. The van der Waals surface area contributed by atoms with E-state index in [0.29, 0.717) is 11.4 Å². The Bertz CT molecular complexity index is 990. The van der Waals surface area contributed by atoms with E-state index < -0.39 is 9.84 Å². The van der Waals surface area contributed by atoms with Crippen molar-refractivity contribution in [2.75, 3.05) is 5.75 Å². The summed E-state index contributed by atoms with van der Waals surface area (Å²) < 4.78 is 24.6. The molecule has 0 atom stereocenters. The largest absolute Gasteiger partial charge is 0.254 e. The summed E-state index contributed by atoms with van der Waals surface area (Å²) >= 11 is 0. The number of pyridine rings is 2. The minimum absolute atomic E-state index is 0.0341. The minimum Gasteiger partial charge on any atom is -0.254 e. The summed E-state index contributed by atoms with van der Waals surface area (Å²) in [4.78, 5) is 8.94. The molecule has 0 unspecified atom stereocenters. The van der Waals surface area contributed by atoms with Crippen LogP contribution in [0.5, 0.6) is 0 Å². The molecule has 0 saturated heterocycles. The number of aromatic nitrogens is 2. The number of nitrogens with zero attached hydrogens (tertiary/aromatic N) is 2.